The van der Waals surface area contributed by atoms with Crippen LogP contribution in [0.25, 0.3) is 0 Å². The second-order valence-electron chi connectivity index (χ2n) is 7.38. The van der Waals surface area contributed by atoms with E-state index < -0.39 is 0 Å². The largest absolute Gasteiger partial charge is 0.496 e. The number of methoxy groups -OCH3 is 1. The Bertz CT molecular complexity index is 963. The molecule has 0 aromatic heterocycles. The first-order valence-corrected chi connectivity index (χ1v) is 10.4. The van der Waals surface area contributed by atoms with Gasteiger partial charge in [-0.25, -0.2) is 0 Å². The summed E-state index contributed by atoms with van der Waals surface area (Å²) >= 11 is 0. The number of hydrogen-bond acceptors (Lipinski definition) is 3. The van der Waals surface area contributed by atoms with Gasteiger partial charge in [0.05, 0.1) is 7.11 Å². The van der Waals surface area contributed by atoms with E-state index in [1.54, 1.807) is 19.2 Å². The van der Waals surface area contributed by atoms with Crippen LogP contribution in [0.5, 0.6) is 11.5 Å². The van der Waals surface area contributed by atoms with E-state index in [0.717, 1.165) is 23.4 Å². The lowest BCUT2D eigenvalue weighted by Crippen LogP contribution is -2.13. The molecule has 0 aliphatic rings. The van der Waals surface area contributed by atoms with Gasteiger partial charge >= 0.3 is 0 Å². The number of unbranched alkanes of at least 4 members (excludes halogenated alkanes) is 1. The molecule has 156 valence electrons. The van der Waals surface area contributed by atoms with Gasteiger partial charge in [0, 0.05) is 16.8 Å². The molecule has 3 rings (SSSR count). The van der Waals surface area contributed by atoms with Crippen molar-refractivity contribution in [1.82, 2.24) is 0 Å². The van der Waals surface area contributed by atoms with Crippen LogP contribution in [0, 0.1) is 6.92 Å². The Kier molecular flexibility index (Phi) is 7.50. The average molecular weight is 404 g/mol. The van der Waals surface area contributed by atoms with Crippen LogP contribution in [-0.2, 0) is 13.0 Å². The number of amides is 1. The van der Waals surface area contributed by atoms with Gasteiger partial charge in [-0.1, -0.05) is 43.2 Å². The third-order valence-electron chi connectivity index (χ3n) is 4.99. The third-order valence-corrected chi connectivity index (χ3v) is 4.99. The number of ether oxygens (including phenoxy) is 2. The molecule has 3 aromatic carbocycles. The van der Waals surface area contributed by atoms with Crippen molar-refractivity contribution >= 4 is 11.6 Å². The molecule has 0 aliphatic carbocycles. The minimum absolute atomic E-state index is 0.157. The van der Waals surface area contributed by atoms with Crippen molar-refractivity contribution in [2.24, 2.45) is 0 Å². The quantitative estimate of drug-likeness (QED) is 0.464. The number of benzene rings is 3. The van der Waals surface area contributed by atoms with E-state index in [0.29, 0.717) is 17.9 Å². The molecule has 0 saturated carbocycles. The van der Waals surface area contributed by atoms with Crippen molar-refractivity contribution in [2.75, 3.05) is 12.4 Å². The van der Waals surface area contributed by atoms with Crippen molar-refractivity contribution in [1.29, 1.82) is 0 Å². The van der Waals surface area contributed by atoms with Crippen LogP contribution in [0.15, 0.2) is 66.7 Å². The Hall–Kier alpha value is -3.27. The van der Waals surface area contributed by atoms with Crippen molar-refractivity contribution in [3.8, 4) is 11.5 Å². The summed E-state index contributed by atoms with van der Waals surface area (Å²) in [6, 6.07) is 21.3. The molecule has 1 N–H and O–H groups in total. The number of hydrogen-bond donors (Lipinski definition) is 1. The average Bonchev–Trinajstić information content (AvgIpc) is 2.78. The maximum atomic E-state index is 12.7. The van der Waals surface area contributed by atoms with Crippen LogP contribution >= 0.6 is 0 Å². The smallest absolute Gasteiger partial charge is 0.255 e. The summed E-state index contributed by atoms with van der Waals surface area (Å²) in [6.07, 6.45) is 3.41. The van der Waals surface area contributed by atoms with E-state index in [2.05, 4.69) is 24.4 Å². The molecule has 4 heteroatoms. The van der Waals surface area contributed by atoms with Crippen molar-refractivity contribution in [3.63, 3.8) is 0 Å². The lowest BCUT2D eigenvalue weighted by atomic mass is 10.1. The molecule has 0 spiro atoms. The van der Waals surface area contributed by atoms with Crippen LogP contribution in [0.4, 0.5) is 5.69 Å². The maximum absolute atomic E-state index is 12.7. The van der Waals surface area contributed by atoms with E-state index >= 15 is 0 Å². The molecular weight excluding hydrogens is 374 g/mol. The SMILES string of the molecule is CCCCc1ccc(NC(=O)c2ccc(OC)c(COc3ccc(C)cc3)c2)cc1. The van der Waals surface area contributed by atoms with Gasteiger partial charge < -0.3 is 14.8 Å². The summed E-state index contributed by atoms with van der Waals surface area (Å²) in [7, 11) is 1.62. The summed E-state index contributed by atoms with van der Waals surface area (Å²) in [5.74, 6) is 1.31. The normalized spacial score (nSPS) is 10.5. The molecule has 0 aliphatic heterocycles. The lowest BCUT2D eigenvalue weighted by molar-refractivity contribution is 0.102. The first-order valence-electron chi connectivity index (χ1n) is 10.4. The predicted octanol–water partition coefficient (Wildman–Crippen LogP) is 6.18. The van der Waals surface area contributed by atoms with Crippen LogP contribution in [0.1, 0.15) is 46.8 Å². The fourth-order valence-corrected chi connectivity index (χ4v) is 3.17. The van der Waals surface area contributed by atoms with Crippen LogP contribution in [0.3, 0.4) is 0 Å². The van der Waals surface area contributed by atoms with Crippen LogP contribution < -0.4 is 14.8 Å². The molecule has 4 nitrogen and oxygen atoms in total. The van der Waals surface area contributed by atoms with Gasteiger partial charge in [0.25, 0.3) is 5.91 Å². The molecular formula is C26H29NO3. The zero-order valence-corrected chi connectivity index (χ0v) is 17.9. The molecule has 3 aromatic rings. The standard InChI is InChI=1S/C26H29NO3/c1-4-5-6-20-9-12-23(13-10-20)27-26(28)21-11-16-25(29-3)22(17-21)18-30-24-14-7-19(2)8-15-24/h7-17H,4-6,18H2,1-3H3,(H,27,28). The molecule has 0 heterocycles. The predicted molar refractivity (Wildman–Crippen MR) is 122 cm³/mol. The van der Waals surface area contributed by atoms with Crippen molar-refractivity contribution < 1.29 is 14.3 Å². The zero-order chi connectivity index (χ0) is 21.3. The first kappa shape index (κ1) is 21.4. The number of aryl methyl sites for hydroxylation is 2. The minimum atomic E-state index is -0.157. The summed E-state index contributed by atoms with van der Waals surface area (Å²) in [5, 5.41) is 2.97. The van der Waals surface area contributed by atoms with Gasteiger partial charge in [-0.15, -0.1) is 0 Å². The van der Waals surface area contributed by atoms with E-state index in [1.807, 2.05) is 49.4 Å². The Morgan fingerprint density at radius 1 is 0.967 bits per heavy atom. The topological polar surface area (TPSA) is 47.6 Å². The Morgan fingerprint density at radius 3 is 2.37 bits per heavy atom. The van der Waals surface area contributed by atoms with Crippen LogP contribution in [-0.4, -0.2) is 13.0 Å². The summed E-state index contributed by atoms with van der Waals surface area (Å²) in [6.45, 7) is 4.54. The Morgan fingerprint density at radius 2 is 1.70 bits per heavy atom. The second-order valence-corrected chi connectivity index (χ2v) is 7.38. The van der Waals surface area contributed by atoms with Crippen molar-refractivity contribution in [2.45, 2.75) is 39.7 Å². The monoisotopic (exact) mass is 403 g/mol. The van der Waals surface area contributed by atoms with E-state index in [4.69, 9.17) is 9.47 Å². The summed E-state index contributed by atoms with van der Waals surface area (Å²) in [5.41, 5.74) is 4.63. The molecule has 0 unspecified atom stereocenters. The van der Waals surface area contributed by atoms with E-state index in [-0.39, 0.29) is 5.91 Å². The third kappa shape index (κ3) is 5.86. The Balaban J connectivity index is 1.68. The first-order chi connectivity index (χ1) is 14.6. The number of carbonyl (C=O) groups excluding carboxylic acids is 1. The second kappa shape index (κ2) is 10.5. The molecule has 0 saturated heterocycles. The molecule has 30 heavy (non-hydrogen) atoms. The number of rotatable bonds is 9. The van der Waals surface area contributed by atoms with Gasteiger partial charge in [0.2, 0.25) is 0 Å². The molecule has 0 radical (unpaired) electrons. The van der Waals surface area contributed by atoms with Gasteiger partial charge in [-0.05, 0) is 67.8 Å². The summed E-state index contributed by atoms with van der Waals surface area (Å²) < 4.78 is 11.3. The van der Waals surface area contributed by atoms with Gasteiger partial charge in [0.1, 0.15) is 18.1 Å². The van der Waals surface area contributed by atoms with Gasteiger partial charge in [-0.3, -0.25) is 4.79 Å². The van der Waals surface area contributed by atoms with E-state index in [1.165, 1.54) is 24.0 Å². The van der Waals surface area contributed by atoms with Gasteiger partial charge in [-0.2, -0.15) is 0 Å². The summed E-state index contributed by atoms with van der Waals surface area (Å²) in [4.78, 5) is 12.7. The zero-order valence-electron chi connectivity index (χ0n) is 17.9. The number of anilines is 1. The highest BCUT2D eigenvalue weighted by Crippen LogP contribution is 2.23. The number of nitrogens with one attached hydrogen (secondary N) is 1. The highest BCUT2D eigenvalue weighted by Gasteiger charge is 2.11. The van der Waals surface area contributed by atoms with E-state index in [9.17, 15) is 4.79 Å². The molecule has 1 amide bonds. The fourth-order valence-electron chi connectivity index (χ4n) is 3.17. The minimum Gasteiger partial charge on any atom is -0.496 e. The Labute approximate surface area is 178 Å². The lowest BCUT2D eigenvalue weighted by Gasteiger charge is -2.13. The maximum Gasteiger partial charge on any atom is 0.255 e. The highest BCUT2D eigenvalue weighted by atomic mass is 16.5. The molecule has 0 fully saturated rings. The van der Waals surface area contributed by atoms with Crippen LogP contribution in [0.2, 0.25) is 0 Å². The van der Waals surface area contributed by atoms with Crippen molar-refractivity contribution in [3.05, 3.63) is 89.0 Å². The molecule has 0 atom stereocenters. The fraction of sp³-hybridized carbons (Fsp3) is 0.269. The molecule has 0 bridgehead atoms. The van der Waals surface area contributed by atoms with Gasteiger partial charge in [0.15, 0.2) is 0 Å². The highest BCUT2D eigenvalue weighted by molar-refractivity contribution is 6.04. The number of carbonyl (C=O) groups is 1.